The Labute approximate surface area is 112 Å². The highest BCUT2D eigenvalue weighted by Gasteiger charge is 2.22. The molecule has 0 aliphatic heterocycles. The van der Waals surface area contributed by atoms with E-state index < -0.39 is 0 Å². The van der Waals surface area contributed by atoms with E-state index in [2.05, 4.69) is 31.9 Å². The lowest BCUT2D eigenvalue weighted by Crippen LogP contribution is -2.32. The number of hydrogen-bond acceptors (Lipinski definition) is 1. The van der Waals surface area contributed by atoms with Gasteiger partial charge < -0.3 is 4.74 Å². The van der Waals surface area contributed by atoms with E-state index in [1.54, 1.807) is 0 Å². The van der Waals surface area contributed by atoms with Crippen LogP contribution in [0.1, 0.15) is 12.5 Å². The number of halogens is 3. The fourth-order valence-electron chi connectivity index (χ4n) is 0.980. The Morgan fingerprint density at radius 3 is 2.60 bits per heavy atom. The summed E-state index contributed by atoms with van der Waals surface area (Å²) in [5.41, 5.74) is 0.825. The van der Waals surface area contributed by atoms with E-state index in [4.69, 9.17) is 16.3 Å². The summed E-state index contributed by atoms with van der Waals surface area (Å²) in [5, 5.41) is 0.730. The maximum Gasteiger partial charge on any atom is 0.0890 e. The molecule has 1 aromatic carbocycles. The van der Waals surface area contributed by atoms with Crippen LogP contribution in [0.3, 0.4) is 0 Å². The SMILES string of the molecule is CC(CCl)(CBr)OCc1ccccc1Br. The fourth-order valence-corrected chi connectivity index (χ4v) is 2.14. The van der Waals surface area contributed by atoms with E-state index in [0.29, 0.717) is 12.5 Å². The molecule has 15 heavy (non-hydrogen) atoms. The van der Waals surface area contributed by atoms with Crippen molar-refractivity contribution in [3.05, 3.63) is 34.3 Å². The smallest absolute Gasteiger partial charge is 0.0890 e. The molecule has 4 heteroatoms. The minimum atomic E-state index is -0.309. The highest BCUT2D eigenvalue weighted by atomic mass is 79.9. The second-order valence-corrected chi connectivity index (χ2v) is 5.28. The Hall–Kier alpha value is 0.430. The van der Waals surface area contributed by atoms with Crippen LogP contribution in [0.4, 0.5) is 0 Å². The van der Waals surface area contributed by atoms with Crippen LogP contribution in [0.5, 0.6) is 0 Å². The van der Waals surface area contributed by atoms with Gasteiger partial charge in [0.1, 0.15) is 0 Å². The van der Waals surface area contributed by atoms with E-state index in [9.17, 15) is 0 Å². The predicted molar refractivity (Wildman–Crippen MR) is 71.9 cm³/mol. The number of ether oxygens (including phenoxy) is 1. The first-order chi connectivity index (χ1) is 7.11. The van der Waals surface area contributed by atoms with E-state index in [1.807, 2.05) is 31.2 Å². The van der Waals surface area contributed by atoms with Crippen molar-refractivity contribution in [3.8, 4) is 0 Å². The van der Waals surface area contributed by atoms with Crippen LogP contribution < -0.4 is 0 Å². The Morgan fingerprint density at radius 2 is 2.07 bits per heavy atom. The van der Waals surface area contributed by atoms with Crippen molar-refractivity contribution in [1.29, 1.82) is 0 Å². The summed E-state index contributed by atoms with van der Waals surface area (Å²) in [6, 6.07) is 8.02. The first kappa shape index (κ1) is 13.5. The summed E-state index contributed by atoms with van der Waals surface area (Å²) in [6.07, 6.45) is 0. The van der Waals surface area contributed by atoms with Crippen LogP contribution in [0.15, 0.2) is 28.7 Å². The van der Waals surface area contributed by atoms with Gasteiger partial charge in [0.25, 0.3) is 0 Å². The molecular formula is C11H13Br2ClO. The van der Waals surface area contributed by atoms with Crippen LogP contribution in [-0.2, 0) is 11.3 Å². The van der Waals surface area contributed by atoms with Crippen LogP contribution in [0, 0.1) is 0 Å². The third-order valence-corrected chi connectivity index (χ3v) is 4.62. The number of hydrogen-bond donors (Lipinski definition) is 0. The molecule has 0 aliphatic carbocycles. The summed E-state index contributed by atoms with van der Waals surface area (Å²) >= 11 is 12.7. The van der Waals surface area contributed by atoms with E-state index in [-0.39, 0.29) is 5.60 Å². The Balaban J connectivity index is 2.61. The molecule has 0 bridgehead atoms. The second-order valence-electron chi connectivity index (χ2n) is 3.60. The van der Waals surface area contributed by atoms with Gasteiger partial charge in [-0.1, -0.05) is 50.1 Å². The molecule has 0 radical (unpaired) electrons. The largest absolute Gasteiger partial charge is 0.368 e. The van der Waals surface area contributed by atoms with Gasteiger partial charge in [-0.3, -0.25) is 0 Å². The molecule has 1 rings (SSSR count). The first-order valence-corrected chi connectivity index (χ1v) is 7.05. The number of rotatable bonds is 5. The topological polar surface area (TPSA) is 9.23 Å². The molecule has 84 valence electrons. The average molecular weight is 356 g/mol. The standard InChI is InChI=1S/C11H13Br2ClO/c1-11(7-12,8-14)15-6-9-4-2-3-5-10(9)13/h2-5H,6-8H2,1H3. The normalized spacial score (nSPS) is 14.9. The summed E-state index contributed by atoms with van der Waals surface area (Å²) in [5.74, 6) is 0.475. The molecule has 1 nitrogen and oxygen atoms in total. The summed E-state index contributed by atoms with van der Waals surface area (Å²) in [4.78, 5) is 0. The maximum absolute atomic E-state index is 5.85. The Kier molecular flexibility index (Phi) is 5.61. The summed E-state index contributed by atoms with van der Waals surface area (Å²) < 4.78 is 6.85. The predicted octanol–water partition coefficient (Wildman–Crippen LogP) is 4.36. The van der Waals surface area contributed by atoms with Crippen LogP contribution in [0.2, 0.25) is 0 Å². The molecule has 0 aliphatic rings. The third kappa shape index (κ3) is 4.06. The molecule has 1 aromatic rings. The zero-order valence-electron chi connectivity index (χ0n) is 8.47. The van der Waals surface area contributed by atoms with Crippen molar-refractivity contribution < 1.29 is 4.74 Å². The maximum atomic E-state index is 5.85. The van der Waals surface area contributed by atoms with Gasteiger partial charge in [-0.25, -0.2) is 0 Å². The van der Waals surface area contributed by atoms with Crippen LogP contribution >= 0.6 is 43.5 Å². The van der Waals surface area contributed by atoms with Gasteiger partial charge in [0, 0.05) is 9.80 Å². The van der Waals surface area contributed by atoms with Gasteiger partial charge >= 0.3 is 0 Å². The monoisotopic (exact) mass is 354 g/mol. The highest BCUT2D eigenvalue weighted by Crippen LogP contribution is 2.22. The van der Waals surface area contributed by atoms with Gasteiger partial charge in [-0.05, 0) is 18.6 Å². The van der Waals surface area contributed by atoms with Crippen LogP contribution in [0.25, 0.3) is 0 Å². The fraction of sp³-hybridized carbons (Fsp3) is 0.455. The number of benzene rings is 1. The van der Waals surface area contributed by atoms with Crippen molar-refractivity contribution in [2.24, 2.45) is 0 Å². The first-order valence-electron chi connectivity index (χ1n) is 4.60. The second kappa shape index (κ2) is 6.24. The molecule has 0 saturated heterocycles. The molecule has 1 unspecified atom stereocenters. The minimum Gasteiger partial charge on any atom is -0.368 e. The molecule has 0 aromatic heterocycles. The van der Waals surface area contributed by atoms with E-state index in [0.717, 1.165) is 15.4 Å². The van der Waals surface area contributed by atoms with Gasteiger partial charge in [-0.2, -0.15) is 0 Å². The minimum absolute atomic E-state index is 0.309. The molecule has 1 atom stereocenters. The van der Waals surface area contributed by atoms with Gasteiger partial charge in [0.05, 0.1) is 18.1 Å². The lowest BCUT2D eigenvalue weighted by molar-refractivity contribution is -0.00792. The van der Waals surface area contributed by atoms with Gasteiger partial charge in [0.2, 0.25) is 0 Å². The third-order valence-electron chi connectivity index (χ3n) is 2.10. The summed E-state index contributed by atoms with van der Waals surface area (Å²) in [6.45, 7) is 2.56. The zero-order valence-corrected chi connectivity index (χ0v) is 12.4. The number of alkyl halides is 2. The van der Waals surface area contributed by atoms with Crippen molar-refractivity contribution in [2.45, 2.75) is 19.1 Å². The molecule has 0 saturated carbocycles. The lowest BCUT2D eigenvalue weighted by atomic mass is 10.2. The van der Waals surface area contributed by atoms with E-state index >= 15 is 0 Å². The van der Waals surface area contributed by atoms with Crippen molar-refractivity contribution in [1.82, 2.24) is 0 Å². The van der Waals surface area contributed by atoms with Crippen LogP contribution in [-0.4, -0.2) is 16.8 Å². The zero-order chi connectivity index (χ0) is 11.3. The quantitative estimate of drug-likeness (QED) is 0.713. The molecule has 0 heterocycles. The molecule has 0 amide bonds. The molecular weight excluding hydrogens is 343 g/mol. The van der Waals surface area contributed by atoms with Crippen molar-refractivity contribution >= 4 is 43.5 Å². The van der Waals surface area contributed by atoms with Crippen molar-refractivity contribution in [3.63, 3.8) is 0 Å². The van der Waals surface area contributed by atoms with E-state index in [1.165, 1.54) is 0 Å². The lowest BCUT2D eigenvalue weighted by Gasteiger charge is -2.25. The Bertz CT molecular complexity index is 313. The van der Waals surface area contributed by atoms with Gasteiger partial charge in [-0.15, -0.1) is 11.6 Å². The average Bonchev–Trinajstić information content (AvgIpc) is 2.28. The van der Waals surface area contributed by atoms with Crippen molar-refractivity contribution in [2.75, 3.05) is 11.2 Å². The van der Waals surface area contributed by atoms with Gasteiger partial charge in [0.15, 0.2) is 0 Å². The molecule has 0 N–H and O–H groups in total. The highest BCUT2D eigenvalue weighted by molar-refractivity contribution is 9.10. The molecule has 0 spiro atoms. The summed E-state index contributed by atoms with van der Waals surface area (Å²) in [7, 11) is 0. The Morgan fingerprint density at radius 1 is 1.40 bits per heavy atom. The molecule has 0 fully saturated rings.